The van der Waals surface area contributed by atoms with Gasteiger partial charge in [-0.15, -0.1) is 0 Å². The first-order chi connectivity index (χ1) is 6.88. The van der Waals surface area contributed by atoms with Gasteiger partial charge in [0.1, 0.15) is 6.04 Å². The fraction of sp³-hybridized carbons (Fsp3) is 0.750. The molecule has 0 saturated heterocycles. The minimum absolute atomic E-state index is 0.136. The van der Waals surface area contributed by atoms with Gasteiger partial charge in [-0.3, -0.25) is 4.79 Å². The van der Waals surface area contributed by atoms with Gasteiger partial charge in [0.2, 0.25) is 10.0 Å². The Kier molecular flexibility index (Phi) is 3.31. The second kappa shape index (κ2) is 4.16. The van der Waals surface area contributed by atoms with E-state index >= 15 is 0 Å². The minimum Gasteiger partial charge on any atom is -0.480 e. The quantitative estimate of drug-likeness (QED) is 0.675. The van der Waals surface area contributed by atoms with Gasteiger partial charge >= 0.3 is 5.97 Å². The third-order valence-electron chi connectivity index (χ3n) is 2.30. The van der Waals surface area contributed by atoms with Crippen molar-refractivity contribution >= 4 is 16.0 Å². The summed E-state index contributed by atoms with van der Waals surface area (Å²) < 4.78 is 24.9. The zero-order valence-corrected chi connectivity index (χ0v) is 8.99. The monoisotopic (exact) mass is 232 g/mol. The van der Waals surface area contributed by atoms with E-state index in [1.807, 2.05) is 0 Å². The van der Waals surface area contributed by atoms with Crippen LogP contribution in [0.1, 0.15) is 19.8 Å². The van der Waals surface area contributed by atoms with E-state index in [0.717, 1.165) is 0 Å². The molecule has 0 aromatic heterocycles. The van der Waals surface area contributed by atoms with Crippen LogP contribution in [0.15, 0.2) is 0 Å². The van der Waals surface area contributed by atoms with Crippen molar-refractivity contribution in [3.63, 3.8) is 0 Å². The smallest absolute Gasteiger partial charge is 0.322 e. The highest BCUT2D eigenvalue weighted by molar-refractivity contribution is 7.90. The Balaban J connectivity index is 2.74. The first kappa shape index (κ1) is 11.9. The number of nitrogens with one attached hydrogen (secondary N) is 1. The highest BCUT2D eigenvalue weighted by atomic mass is 32.2. The molecule has 84 valence electrons. The van der Waals surface area contributed by atoms with Crippen LogP contribution in [0.25, 0.3) is 0 Å². The van der Waals surface area contributed by atoms with Crippen LogP contribution in [0.3, 0.4) is 0 Å². The molecule has 0 bridgehead atoms. The number of rotatable bonds is 5. The molecular weight excluding hydrogens is 220 g/mol. The Hall–Kier alpha value is -1.13. The van der Waals surface area contributed by atoms with Crippen LogP contribution in [0.2, 0.25) is 0 Å². The summed E-state index contributed by atoms with van der Waals surface area (Å²) in [4.78, 5) is 10.8. The maximum Gasteiger partial charge on any atom is 0.322 e. The maximum absolute atomic E-state index is 11.4. The normalized spacial score (nSPS) is 20.3. The van der Waals surface area contributed by atoms with E-state index in [-0.39, 0.29) is 5.92 Å². The molecule has 1 rings (SSSR count). The third kappa shape index (κ3) is 2.91. The lowest BCUT2D eigenvalue weighted by atomic mass is 10.2. The topological polar surface area (TPSA) is 107 Å². The molecule has 15 heavy (non-hydrogen) atoms. The first-order valence-corrected chi connectivity index (χ1v) is 6.06. The summed E-state index contributed by atoms with van der Waals surface area (Å²) in [5.74, 6) is -1.32. The molecule has 0 spiro atoms. The predicted octanol–water partition coefficient (Wildman–Crippen LogP) is -0.319. The van der Waals surface area contributed by atoms with Crippen LogP contribution in [-0.2, 0) is 14.8 Å². The average Bonchev–Trinajstić information content (AvgIpc) is 2.95. The molecule has 0 aromatic carbocycles. The van der Waals surface area contributed by atoms with Crippen molar-refractivity contribution in [1.29, 1.82) is 5.26 Å². The van der Waals surface area contributed by atoms with E-state index in [1.54, 1.807) is 6.07 Å². The lowest BCUT2D eigenvalue weighted by Crippen LogP contribution is -2.45. The molecule has 0 amide bonds. The summed E-state index contributed by atoms with van der Waals surface area (Å²) in [6.45, 7) is 1.22. The van der Waals surface area contributed by atoms with Gasteiger partial charge in [0.15, 0.2) is 5.25 Å². The standard InChI is InChI=1S/C8H12N2O4S/c1-5(4-9)15(13,14)10-7(8(11)12)6-2-3-6/h5-7,10H,2-3H2,1H3,(H,11,12). The number of carboxylic acids is 1. The van der Waals surface area contributed by atoms with Gasteiger partial charge in [-0.2, -0.15) is 9.98 Å². The van der Waals surface area contributed by atoms with E-state index < -0.39 is 27.3 Å². The fourth-order valence-corrected chi connectivity index (χ4v) is 2.12. The van der Waals surface area contributed by atoms with Gasteiger partial charge in [0, 0.05) is 0 Å². The summed E-state index contributed by atoms with van der Waals surface area (Å²) in [5, 5.41) is 16.0. The van der Waals surface area contributed by atoms with E-state index in [1.165, 1.54) is 6.92 Å². The van der Waals surface area contributed by atoms with Gasteiger partial charge in [0.05, 0.1) is 6.07 Å². The van der Waals surface area contributed by atoms with Crippen molar-refractivity contribution in [3.8, 4) is 6.07 Å². The molecular formula is C8H12N2O4S. The number of nitrogens with zero attached hydrogens (tertiary/aromatic N) is 1. The van der Waals surface area contributed by atoms with Gasteiger partial charge < -0.3 is 5.11 Å². The number of aliphatic carboxylic acids is 1. The number of carbonyl (C=O) groups is 1. The molecule has 0 aromatic rings. The number of sulfonamides is 1. The summed E-state index contributed by atoms with van der Waals surface area (Å²) in [6, 6.07) is 0.474. The highest BCUT2D eigenvalue weighted by Crippen LogP contribution is 2.33. The zero-order chi connectivity index (χ0) is 11.6. The Morgan fingerprint density at radius 2 is 2.13 bits per heavy atom. The van der Waals surface area contributed by atoms with Crippen molar-refractivity contribution in [2.75, 3.05) is 0 Å². The van der Waals surface area contributed by atoms with Crippen molar-refractivity contribution < 1.29 is 18.3 Å². The average molecular weight is 232 g/mol. The summed E-state index contributed by atoms with van der Waals surface area (Å²) in [7, 11) is -3.85. The number of hydrogen-bond donors (Lipinski definition) is 2. The van der Waals surface area contributed by atoms with Crippen molar-refractivity contribution in [2.45, 2.75) is 31.1 Å². The molecule has 0 aliphatic heterocycles. The number of nitriles is 1. The molecule has 1 aliphatic carbocycles. The first-order valence-electron chi connectivity index (χ1n) is 4.52. The molecule has 0 heterocycles. The van der Waals surface area contributed by atoms with Crippen LogP contribution in [0, 0.1) is 17.2 Å². The molecule has 1 aliphatic rings. The summed E-state index contributed by atoms with van der Waals surface area (Å²) >= 11 is 0. The number of hydrogen-bond acceptors (Lipinski definition) is 4. The van der Waals surface area contributed by atoms with Crippen LogP contribution < -0.4 is 4.72 Å². The van der Waals surface area contributed by atoms with Crippen LogP contribution in [-0.4, -0.2) is 30.8 Å². The molecule has 2 unspecified atom stereocenters. The molecule has 2 N–H and O–H groups in total. The Bertz CT molecular complexity index is 393. The Morgan fingerprint density at radius 3 is 2.47 bits per heavy atom. The van der Waals surface area contributed by atoms with Gasteiger partial charge in [-0.1, -0.05) is 0 Å². The molecule has 7 heteroatoms. The van der Waals surface area contributed by atoms with E-state index in [4.69, 9.17) is 10.4 Å². The van der Waals surface area contributed by atoms with Crippen LogP contribution >= 0.6 is 0 Å². The fourth-order valence-electron chi connectivity index (χ4n) is 1.13. The maximum atomic E-state index is 11.4. The van der Waals surface area contributed by atoms with E-state index in [9.17, 15) is 13.2 Å². The van der Waals surface area contributed by atoms with Crippen molar-refractivity contribution in [1.82, 2.24) is 4.72 Å². The molecule has 1 fully saturated rings. The second-order valence-electron chi connectivity index (χ2n) is 3.59. The van der Waals surface area contributed by atoms with Crippen LogP contribution in [0.5, 0.6) is 0 Å². The molecule has 0 radical (unpaired) electrons. The Morgan fingerprint density at radius 1 is 1.60 bits per heavy atom. The molecule has 2 atom stereocenters. The predicted molar refractivity (Wildman–Crippen MR) is 51.3 cm³/mol. The minimum atomic E-state index is -3.85. The van der Waals surface area contributed by atoms with Gasteiger partial charge in [0.25, 0.3) is 0 Å². The van der Waals surface area contributed by atoms with Crippen LogP contribution in [0.4, 0.5) is 0 Å². The lowest BCUT2D eigenvalue weighted by molar-refractivity contribution is -0.139. The number of carboxylic acid groups (broad SMARTS) is 1. The van der Waals surface area contributed by atoms with Gasteiger partial charge in [-0.25, -0.2) is 8.42 Å². The van der Waals surface area contributed by atoms with Crippen molar-refractivity contribution in [3.05, 3.63) is 0 Å². The second-order valence-corrected chi connectivity index (χ2v) is 5.62. The van der Waals surface area contributed by atoms with Crippen molar-refractivity contribution in [2.24, 2.45) is 5.92 Å². The van der Waals surface area contributed by atoms with E-state index in [0.29, 0.717) is 12.8 Å². The van der Waals surface area contributed by atoms with Gasteiger partial charge in [-0.05, 0) is 25.7 Å². The lowest BCUT2D eigenvalue weighted by Gasteiger charge is -2.14. The third-order valence-corrected chi connectivity index (χ3v) is 3.92. The molecule has 1 saturated carbocycles. The Labute approximate surface area is 87.9 Å². The summed E-state index contributed by atoms with van der Waals surface area (Å²) in [6.07, 6.45) is 1.42. The molecule has 6 nitrogen and oxygen atoms in total. The SMILES string of the molecule is CC(C#N)S(=O)(=O)NC(C(=O)O)C1CC1. The zero-order valence-electron chi connectivity index (χ0n) is 8.17. The summed E-state index contributed by atoms with van der Waals surface area (Å²) in [5.41, 5.74) is 0. The largest absolute Gasteiger partial charge is 0.480 e. The highest BCUT2D eigenvalue weighted by Gasteiger charge is 2.39. The van der Waals surface area contributed by atoms with E-state index in [2.05, 4.69) is 4.72 Å².